The van der Waals surface area contributed by atoms with Gasteiger partial charge in [-0.1, -0.05) is 52.9 Å². The van der Waals surface area contributed by atoms with Crippen molar-refractivity contribution in [3.63, 3.8) is 0 Å². The molecule has 1 nitrogen and oxygen atoms in total. The van der Waals surface area contributed by atoms with E-state index in [0.717, 1.165) is 31.1 Å². The number of alkyl halides is 2. The molecule has 1 aromatic rings. The zero-order chi connectivity index (χ0) is 20.3. The average Bonchev–Trinajstić information content (AvgIpc) is 2.65. The van der Waals surface area contributed by atoms with Crippen LogP contribution < -0.4 is 4.74 Å². The molecule has 0 aliphatic heterocycles. The first-order chi connectivity index (χ1) is 13.2. The Bertz CT molecular complexity index is 634. The molecule has 0 radical (unpaired) electrons. The molecular formula is C23H37F5O. The van der Waals surface area contributed by atoms with Gasteiger partial charge in [0.05, 0.1) is 5.92 Å². The third-order valence-electron chi connectivity index (χ3n) is 6.65. The van der Waals surface area contributed by atoms with Crippen molar-refractivity contribution in [2.75, 3.05) is 0 Å². The van der Waals surface area contributed by atoms with Crippen LogP contribution in [0.2, 0.25) is 0 Å². The van der Waals surface area contributed by atoms with Crippen molar-refractivity contribution in [2.45, 2.75) is 84.7 Å². The molecule has 0 spiro atoms. The second kappa shape index (κ2) is 10.1. The molecule has 0 unspecified atom stereocenters. The molecule has 6 heteroatoms. The molecule has 2 aliphatic rings. The normalized spacial score (nSPS) is 27.9. The van der Waals surface area contributed by atoms with Gasteiger partial charge in [-0.25, -0.2) is 13.2 Å². The maximum atomic E-state index is 14.4. The summed E-state index contributed by atoms with van der Waals surface area (Å²) in [7, 11) is 0. The lowest BCUT2D eigenvalue weighted by atomic mass is 9.75. The summed E-state index contributed by atoms with van der Waals surface area (Å²) in [6.45, 7) is 2.30. The third-order valence-corrected chi connectivity index (χ3v) is 6.65. The van der Waals surface area contributed by atoms with Gasteiger partial charge in [-0.2, -0.15) is 8.78 Å². The zero-order valence-electron chi connectivity index (χ0n) is 16.3. The molecule has 0 bridgehead atoms. The van der Waals surface area contributed by atoms with E-state index in [2.05, 4.69) is 11.7 Å². The largest absolute Gasteiger partial charge is 0.432 e. The standard InChI is InChI=1S/C22H29F5O.CH4.2H2/c1-14-2-4-15(5-3-14)6-7-16-8-10-17(11-9-16)22(26,27)28-18-12-19(23)21(25)20(24)13-18;;;/h12-17H,2-11H2,1H3;1H4;2*1H. The van der Waals surface area contributed by atoms with Crippen LogP contribution in [-0.2, 0) is 0 Å². The SMILES string of the molecule is C.CC1CCC(CCC2CCC(C(F)(F)Oc3cc(F)c(F)c(F)c3)CC2)CC1.[HH].[HH]. The van der Waals surface area contributed by atoms with Crippen molar-refractivity contribution >= 4 is 0 Å². The first-order valence-electron chi connectivity index (χ1n) is 10.5. The van der Waals surface area contributed by atoms with Gasteiger partial charge < -0.3 is 4.74 Å². The third kappa shape index (κ3) is 6.32. The van der Waals surface area contributed by atoms with Crippen molar-refractivity contribution in [2.24, 2.45) is 23.7 Å². The number of benzene rings is 1. The van der Waals surface area contributed by atoms with Crippen LogP contribution in [0.1, 0.15) is 81.4 Å². The number of halogens is 5. The molecule has 3 rings (SSSR count). The van der Waals surface area contributed by atoms with Crippen LogP contribution in [0, 0.1) is 41.1 Å². The lowest BCUT2D eigenvalue weighted by Gasteiger charge is -2.34. The summed E-state index contributed by atoms with van der Waals surface area (Å²) < 4.78 is 72.9. The highest BCUT2D eigenvalue weighted by Crippen LogP contribution is 2.42. The molecule has 0 amide bonds. The second-order valence-electron chi connectivity index (χ2n) is 8.79. The van der Waals surface area contributed by atoms with Crippen LogP contribution in [0.15, 0.2) is 12.1 Å². The Labute approximate surface area is 174 Å². The van der Waals surface area contributed by atoms with Gasteiger partial charge in [0.1, 0.15) is 5.75 Å². The van der Waals surface area contributed by atoms with E-state index < -0.39 is 35.2 Å². The number of ether oxygens (including phenoxy) is 1. The topological polar surface area (TPSA) is 9.23 Å². The Morgan fingerprint density at radius 2 is 1.31 bits per heavy atom. The summed E-state index contributed by atoms with van der Waals surface area (Å²) in [6, 6.07) is 0.923. The molecule has 2 aliphatic carbocycles. The van der Waals surface area contributed by atoms with E-state index in [9.17, 15) is 22.0 Å². The Balaban J connectivity index is 0.00000300. The highest BCUT2D eigenvalue weighted by molar-refractivity contribution is 5.25. The summed E-state index contributed by atoms with van der Waals surface area (Å²) in [5.41, 5.74) is 0. The number of rotatable bonds is 6. The van der Waals surface area contributed by atoms with Crippen molar-refractivity contribution in [1.29, 1.82) is 0 Å². The van der Waals surface area contributed by atoms with Crippen LogP contribution in [0.25, 0.3) is 0 Å². The predicted octanol–water partition coefficient (Wildman–Crippen LogP) is 8.62. The van der Waals surface area contributed by atoms with E-state index in [1.807, 2.05) is 0 Å². The van der Waals surface area contributed by atoms with Gasteiger partial charge in [0.2, 0.25) is 0 Å². The molecule has 170 valence electrons. The van der Waals surface area contributed by atoms with Crippen LogP contribution in [0.4, 0.5) is 22.0 Å². The fourth-order valence-corrected chi connectivity index (χ4v) is 4.71. The summed E-state index contributed by atoms with van der Waals surface area (Å²) in [5.74, 6) is -4.36. The highest BCUT2D eigenvalue weighted by Gasteiger charge is 2.44. The van der Waals surface area contributed by atoms with E-state index in [-0.39, 0.29) is 10.3 Å². The lowest BCUT2D eigenvalue weighted by Crippen LogP contribution is -2.37. The first-order valence-corrected chi connectivity index (χ1v) is 10.5. The minimum atomic E-state index is -3.53. The number of hydrogen-bond acceptors (Lipinski definition) is 1. The molecular weight excluding hydrogens is 387 g/mol. The maximum absolute atomic E-state index is 14.4. The Morgan fingerprint density at radius 1 is 0.862 bits per heavy atom. The van der Waals surface area contributed by atoms with Crippen molar-refractivity contribution in [1.82, 2.24) is 0 Å². The first kappa shape index (κ1) is 23.9. The number of hydrogen-bond donors (Lipinski definition) is 0. The predicted molar refractivity (Wildman–Crippen MR) is 109 cm³/mol. The van der Waals surface area contributed by atoms with Crippen LogP contribution in [0.5, 0.6) is 5.75 Å². The van der Waals surface area contributed by atoms with Crippen molar-refractivity contribution < 1.29 is 29.5 Å². The van der Waals surface area contributed by atoms with Crippen molar-refractivity contribution in [3.8, 4) is 5.75 Å². The zero-order valence-corrected chi connectivity index (χ0v) is 16.3. The molecule has 1 aromatic carbocycles. The summed E-state index contributed by atoms with van der Waals surface area (Å²) in [5, 5.41) is 0. The van der Waals surface area contributed by atoms with Crippen LogP contribution in [0.3, 0.4) is 0 Å². The molecule has 2 fully saturated rings. The van der Waals surface area contributed by atoms with Gasteiger partial charge in [-0.05, 0) is 43.4 Å². The fraction of sp³-hybridized carbons (Fsp3) is 0.739. The Hall–Kier alpha value is -1.33. The monoisotopic (exact) mass is 424 g/mol. The molecule has 0 saturated heterocycles. The summed E-state index contributed by atoms with van der Waals surface area (Å²) in [4.78, 5) is 0. The van der Waals surface area contributed by atoms with Crippen LogP contribution in [-0.4, -0.2) is 6.11 Å². The molecule has 29 heavy (non-hydrogen) atoms. The molecule has 2 saturated carbocycles. The average molecular weight is 425 g/mol. The quantitative estimate of drug-likeness (QED) is 0.328. The van der Waals surface area contributed by atoms with E-state index in [0.29, 0.717) is 30.9 Å². The summed E-state index contributed by atoms with van der Waals surface area (Å²) in [6.07, 6.45) is 6.00. The molecule has 0 atom stereocenters. The minimum Gasteiger partial charge on any atom is -0.432 e. The van der Waals surface area contributed by atoms with Crippen LogP contribution >= 0.6 is 0 Å². The van der Waals surface area contributed by atoms with E-state index >= 15 is 0 Å². The van der Waals surface area contributed by atoms with E-state index in [1.54, 1.807) is 0 Å². The smallest absolute Gasteiger partial charge is 0.400 e. The van der Waals surface area contributed by atoms with E-state index in [4.69, 9.17) is 0 Å². The lowest BCUT2D eigenvalue weighted by molar-refractivity contribution is -0.223. The Morgan fingerprint density at radius 3 is 1.79 bits per heavy atom. The van der Waals surface area contributed by atoms with Gasteiger partial charge in [0.25, 0.3) is 0 Å². The van der Waals surface area contributed by atoms with Gasteiger partial charge >= 0.3 is 6.11 Å². The summed E-state index contributed by atoms with van der Waals surface area (Å²) >= 11 is 0. The van der Waals surface area contributed by atoms with Gasteiger partial charge in [0, 0.05) is 15.0 Å². The van der Waals surface area contributed by atoms with Crippen molar-refractivity contribution in [3.05, 3.63) is 29.6 Å². The minimum absolute atomic E-state index is 0. The molecule has 0 N–H and O–H groups in total. The van der Waals surface area contributed by atoms with E-state index in [1.165, 1.54) is 32.1 Å². The van der Waals surface area contributed by atoms with Gasteiger partial charge in [-0.15, -0.1) is 0 Å². The fourth-order valence-electron chi connectivity index (χ4n) is 4.71. The van der Waals surface area contributed by atoms with Gasteiger partial charge in [-0.3, -0.25) is 0 Å². The van der Waals surface area contributed by atoms with Gasteiger partial charge in [0.15, 0.2) is 17.5 Å². The molecule has 0 aromatic heterocycles. The molecule has 0 heterocycles. The second-order valence-corrected chi connectivity index (χ2v) is 8.79. The highest BCUT2D eigenvalue weighted by atomic mass is 19.3. The maximum Gasteiger partial charge on any atom is 0.400 e. The Kier molecular flexibility index (Phi) is 8.36.